The van der Waals surface area contributed by atoms with Crippen LogP contribution in [0.15, 0.2) is 42.5 Å². The first kappa shape index (κ1) is 16.5. The fraction of sp³-hybridized carbons (Fsp3) is 0.235. The summed E-state index contributed by atoms with van der Waals surface area (Å²) in [7, 11) is 3.26. The Balaban J connectivity index is 2.15. The Kier molecular flexibility index (Phi) is 4.95. The van der Waals surface area contributed by atoms with E-state index in [-0.39, 0.29) is 11.6 Å². The van der Waals surface area contributed by atoms with Crippen molar-refractivity contribution >= 4 is 11.6 Å². The SMILES string of the molecule is COc1ccc(CN(C)C(=O)c2ccc(C)c([N+](=O)[O-])c2)cc1. The summed E-state index contributed by atoms with van der Waals surface area (Å²) >= 11 is 0. The normalized spacial score (nSPS) is 10.2. The molecule has 2 rings (SSSR count). The molecule has 0 fully saturated rings. The number of aryl methyl sites for hydroxylation is 1. The van der Waals surface area contributed by atoms with E-state index in [9.17, 15) is 14.9 Å². The number of hydrogen-bond acceptors (Lipinski definition) is 4. The fourth-order valence-electron chi connectivity index (χ4n) is 2.24. The van der Waals surface area contributed by atoms with Gasteiger partial charge in [0.2, 0.25) is 0 Å². The topological polar surface area (TPSA) is 72.7 Å². The first-order chi connectivity index (χ1) is 10.9. The van der Waals surface area contributed by atoms with Crippen LogP contribution in [0.5, 0.6) is 5.75 Å². The van der Waals surface area contributed by atoms with Gasteiger partial charge in [0.25, 0.3) is 11.6 Å². The second-order valence-corrected chi connectivity index (χ2v) is 5.27. The number of carbonyl (C=O) groups excluding carboxylic acids is 1. The lowest BCUT2D eigenvalue weighted by Gasteiger charge is -2.17. The molecule has 0 spiro atoms. The Morgan fingerprint density at radius 1 is 1.22 bits per heavy atom. The number of ether oxygens (including phenoxy) is 1. The standard InChI is InChI=1S/C17H18N2O4/c1-12-4-7-14(10-16(12)19(21)22)17(20)18(2)11-13-5-8-15(23-3)9-6-13/h4-10H,11H2,1-3H3. The monoisotopic (exact) mass is 314 g/mol. The largest absolute Gasteiger partial charge is 0.497 e. The minimum absolute atomic E-state index is 0.0475. The van der Waals surface area contributed by atoms with Gasteiger partial charge >= 0.3 is 0 Å². The number of methoxy groups -OCH3 is 1. The summed E-state index contributed by atoms with van der Waals surface area (Å²) in [6, 6.07) is 11.9. The molecule has 120 valence electrons. The minimum Gasteiger partial charge on any atom is -0.497 e. The van der Waals surface area contributed by atoms with Gasteiger partial charge in [-0.3, -0.25) is 14.9 Å². The van der Waals surface area contributed by atoms with Crippen LogP contribution in [-0.4, -0.2) is 29.9 Å². The highest BCUT2D eigenvalue weighted by Gasteiger charge is 2.17. The van der Waals surface area contributed by atoms with E-state index in [2.05, 4.69) is 0 Å². The van der Waals surface area contributed by atoms with Crippen LogP contribution < -0.4 is 4.74 Å². The molecule has 23 heavy (non-hydrogen) atoms. The van der Waals surface area contributed by atoms with Gasteiger partial charge in [0, 0.05) is 30.8 Å². The van der Waals surface area contributed by atoms with Gasteiger partial charge in [0.1, 0.15) is 5.75 Å². The van der Waals surface area contributed by atoms with Gasteiger partial charge in [-0.05, 0) is 30.7 Å². The van der Waals surface area contributed by atoms with Crippen LogP contribution in [0.1, 0.15) is 21.5 Å². The van der Waals surface area contributed by atoms with E-state index < -0.39 is 4.92 Å². The van der Waals surface area contributed by atoms with Crippen LogP contribution in [0.25, 0.3) is 0 Å². The third kappa shape index (κ3) is 3.85. The molecule has 0 N–H and O–H groups in total. The summed E-state index contributed by atoms with van der Waals surface area (Å²) in [4.78, 5) is 24.5. The van der Waals surface area contributed by atoms with Crippen molar-refractivity contribution in [2.24, 2.45) is 0 Å². The molecule has 2 aromatic rings. The van der Waals surface area contributed by atoms with Crippen LogP contribution in [0.3, 0.4) is 0 Å². The summed E-state index contributed by atoms with van der Waals surface area (Å²) in [5.74, 6) is 0.487. The molecule has 0 saturated carbocycles. The zero-order valence-corrected chi connectivity index (χ0v) is 13.3. The lowest BCUT2D eigenvalue weighted by Crippen LogP contribution is -2.26. The molecule has 0 aliphatic rings. The number of nitrogens with zero attached hydrogens (tertiary/aromatic N) is 2. The minimum atomic E-state index is -0.477. The summed E-state index contributed by atoms with van der Waals surface area (Å²) in [6.45, 7) is 2.05. The summed E-state index contributed by atoms with van der Waals surface area (Å²) in [6.07, 6.45) is 0. The number of amides is 1. The van der Waals surface area contributed by atoms with Crippen LogP contribution in [0.4, 0.5) is 5.69 Å². The van der Waals surface area contributed by atoms with E-state index >= 15 is 0 Å². The van der Waals surface area contributed by atoms with Gasteiger partial charge in [-0.15, -0.1) is 0 Å². The molecule has 1 amide bonds. The summed E-state index contributed by atoms with van der Waals surface area (Å²) < 4.78 is 5.09. The number of benzene rings is 2. The molecule has 0 aliphatic heterocycles. The first-order valence-electron chi connectivity index (χ1n) is 7.06. The van der Waals surface area contributed by atoms with Crippen molar-refractivity contribution in [3.05, 3.63) is 69.3 Å². The Labute approximate surface area is 134 Å². The van der Waals surface area contributed by atoms with Crippen molar-refractivity contribution in [1.82, 2.24) is 4.90 Å². The quantitative estimate of drug-likeness (QED) is 0.627. The number of nitro groups is 1. The molecule has 0 atom stereocenters. The van der Waals surface area contributed by atoms with E-state index in [0.717, 1.165) is 11.3 Å². The second kappa shape index (κ2) is 6.91. The van der Waals surface area contributed by atoms with Crippen molar-refractivity contribution in [3.63, 3.8) is 0 Å². The zero-order valence-electron chi connectivity index (χ0n) is 13.3. The molecular weight excluding hydrogens is 296 g/mol. The molecule has 0 radical (unpaired) electrons. The maximum Gasteiger partial charge on any atom is 0.273 e. The van der Waals surface area contributed by atoms with Crippen molar-refractivity contribution < 1.29 is 14.5 Å². The fourth-order valence-corrected chi connectivity index (χ4v) is 2.24. The molecule has 0 aromatic heterocycles. The molecular formula is C17H18N2O4. The van der Waals surface area contributed by atoms with Gasteiger partial charge in [-0.25, -0.2) is 0 Å². The Morgan fingerprint density at radius 2 is 1.87 bits per heavy atom. The van der Waals surface area contributed by atoms with Crippen LogP contribution in [-0.2, 0) is 6.54 Å². The Bertz CT molecular complexity index is 726. The number of nitro benzene ring substituents is 1. The molecule has 6 nitrogen and oxygen atoms in total. The molecule has 0 aliphatic carbocycles. The van der Waals surface area contributed by atoms with E-state index in [0.29, 0.717) is 17.7 Å². The van der Waals surface area contributed by atoms with Gasteiger partial charge in [-0.2, -0.15) is 0 Å². The molecule has 0 bridgehead atoms. The van der Waals surface area contributed by atoms with Crippen LogP contribution in [0.2, 0.25) is 0 Å². The number of hydrogen-bond donors (Lipinski definition) is 0. The first-order valence-corrected chi connectivity index (χ1v) is 7.06. The highest BCUT2D eigenvalue weighted by atomic mass is 16.6. The van der Waals surface area contributed by atoms with E-state index in [4.69, 9.17) is 4.74 Å². The average molecular weight is 314 g/mol. The van der Waals surface area contributed by atoms with Crippen LogP contribution >= 0.6 is 0 Å². The van der Waals surface area contributed by atoms with E-state index in [1.165, 1.54) is 11.0 Å². The van der Waals surface area contributed by atoms with Crippen molar-refractivity contribution in [3.8, 4) is 5.75 Å². The molecule has 0 heterocycles. The third-order valence-corrected chi connectivity index (χ3v) is 3.58. The van der Waals surface area contributed by atoms with Gasteiger partial charge in [-0.1, -0.05) is 18.2 Å². The molecule has 0 unspecified atom stereocenters. The van der Waals surface area contributed by atoms with Gasteiger partial charge in [0.05, 0.1) is 12.0 Å². The van der Waals surface area contributed by atoms with E-state index in [1.54, 1.807) is 33.2 Å². The van der Waals surface area contributed by atoms with Crippen molar-refractivity contribution in [1.29, 1.82) is 0 Å². The Morgan fingerprint density at radius 3 is 2.43 bits per heavy atom. The van der Waals surface area contributed by atoms with Gasteiger partial charge < -0.3 is 9.64 Å². The molecule has 0 saturated heterocycles. The van der Waals surface area contributed by atoms with Crippen molar-refractivity contribution in [2.75, 3.05) is 14.2 Å². The predicted molar refractivity (Wildman–Crippen MR) is 86.6 cm³/mol. The number of rotatable bonds is 5. The average Bonchev–Trinajstić information content (AvgIpc) is 2.55. The van der Waals surface area contributed by atoms with Gasteiger partial charge in [0.15, 0.2) is 0 Å². The third-order valence-electron chi connectivity index (χ3n) is 3.58. The number of carbonyl (C=O) groups is 1. The molecule has 6 heteroatoms. The maximum absolute atomic E-state index is 12.4. The van der Waals surface area contributed by atoms with Crippen molar-refractivity contribution in [2.45, 2.75) is 13.5 Å². The predicted octanol–water partition coefficient (Wildman–Crippen LogP) is 3.18. The highest BCUT2D eigenvalue weighted by molar-refractivity contribution is 5.94. The van der Waals surface area contributed by atoms with Crippen LogP contribution in [0, 0.1) is 17.0 Å². The smallest absolute Gasteiger partial charge is 0.273 e. The lowest BCUT2D eigenvalue weighted by molar-refractivity contribution is -0.385. The lowest BCUT2D eigenvalue weighted by atomic mass is 10.1. The summed E-state index contributed by atoms with van der Waals surface area (Å²) in [5, 5.41) is 11.0. The summed E-state index contributed by atoms with van der Waals surface area (Å²) in [5.41, 5.74) is 1.74. The zero-order chi connectivity index (χ0) is 17.0. The maximum atomic E-state index is 12.4. The second-order valence-electron chi connectivity index (χ2n) is 5.27. The highest BCUT2D eigenvalue weighted by Crippen LogP contribution is 2.20. The van der Waals surface area contributed by atoms with E-state index in [1.807, 2.05) is 24.3 Å². The Hall–Kier alpha value is -2.89. The molecule has 2 aromatic carbocycles.